The molecule has 1 amide bonds. The van der Waals surface area contributed by atoms with Crippen LogP contribution in [-0.2, 0) is 0 Å². The summed E-state index contributed by atoms with van der Waals surface area (Å²) in [6.07, 6.45) is 0. The normalized spacial score (nSPS) is 14.5. The molecule has 3 aromatic carbocycles. The first-order valence-electron chi connectivity index (χ1n) is 8.86. The fraction of sp³-hybridized carbons (Fsp3) is 0.136. The van der Waals surface area contributed by atoms with Gasteiger partial charge < -0.3 is 19.5 Å². The Morgan fingerprint density at radius 2 is 1.41 bits per heavy atom. The van der Waals surface area contributed by atoms with Crippen LogP contribution in [0.5, 0.6) is 23.0 Å². The molecule has 0 saturated carbocycles. The molecule has 2 aliphatic rings. The van der Waals surface area contributed by atoms with Crippen LogP contribution in [-0.4, -0.2) is 19.1 Å². The van der Waals surface area contributed by atoms with Gasteiger partial charge in [0.1, 0.15) is 24.7 Å². The molecule has 2 aliphatic heterocycles. The largest absolute Gasteiger partial charge is 0.486 e. The van der Waals surface area contributed by atoms with E-state index in [4.69, 9.17) is 14.2 Å². The number of ether oxygens (including phenoxy) is 3. The van der Waals surface area contributed by atoms with Crippen LogP contribution < -0.4 is 19.5 Å². The van der Waals surface area contributed by atoms with Gasteiger partial charge in [-0.15, -0.1) is 0 Å². The number of carbonyl (C=O) groups is 1. The molecule has 5 heteroatoms. The summed E-state index contributed by atoms with van der Waals surface area (Å²) in [6.45, 7) is 1.01. The van der Waals surface area contributed by atoms with E-state index >= 15 is 0 Å². The lowest BCUT2D eigenvalue weighted by atomic mass is 9.94. The molecule has 5 rings (SSSR count). The van der Waals surface area contributed by atoms with Gasteiger partial charge in [-0.2, -0.15) is 0 Å². The fourth-order valence-electron chi connectivity index (χ4n) is 3.46. The first-order valence-corrected chi connectivity index (χ1v) is 8.86. The van der Waals surface area contributed by atoms with E-state index in [1.807, 2.05) is 48.5 Å². The number of benzene rings is 3. The molecule has 5 nitrogen and oxygen atoms in total. The summed E-state index contributed by atoms with van der Waals surface area (Å²) in [7, 11) is 0. The van der Waals surface area contributed by atoms with Crippen molar-refractivity contribution in [2.24, 2.45) is 0 Å². The van der Waals surface area contributed by atoms with Gasteiger partial charge in [-0.1, -0.05) is 36.4 Å². The minimum Gasteiger partial charge on any atom is -0.486 e. The van der Waals surface area contributed by atoms with E-state index < -0.39 is 0 Å². The maximum absolute atomic E-state index is 13.0. The van der Waals surface area contributed by atoms with Crippen LogP contribution in [0.2, 0.25) is 0 Å². The van der Waals surface area contributed by atoms with E-state index in [1.165, 1.54) is 0 Å². The van der Waals surface area contributed by atoms with Gasteiger partial charge in [0.2, 0.25) is 0 Å². The summed E-state index contributed by atoms with van der Waals surface area (Å²) in [6, 6.07) is 20.5. The van der Waals surface area contributed by atoms with Crippen molar-refractivity contribution in [1.29, 1.82) is 0 Å². The molecule has 0 fully saturated rings. The molecular weight excluding hydrogens is 342 g/mol. The molecule has 0 aliphatic carbocycles. The zero-order valence-electron chi connectivity index (χ0n) is 14.5. The van der Waals surface area contributed by atoms with Crippen molar-refractivity contribution in [2.75, 3.05) is 13.2 Å². The smallest absolute Gasteiger partial charge is 0.252 e. The summed E-state index contributed by atoms with van der Waals surface area (Å²) in [5.74, 6) is 2.59. The van der Waals surface area contributed by atoms with Gasteiger partial charge in [0.25, 0.3) is 5.91 Å². The molecular formula is C22H17NO4. The van der Waals surface area contributed by atoms with E-state index in [9.17, 15) is 4.79 Å². The highest BCUT2D eigenvalue weighted by Gasteiger charge is 2.28. The first kappa shape index (κ1) is 15.8. The highest BCUT2D eigenvalue weighted by Crippen LogP contribution is 2.42. The Bertz CT molecular complexity index is 985. The average molecular weight is 359 g/mol. The van der Waals surface area contributed by atoms with Crippen LogP contribution in [0.4, 0.5) is 0 Å². The molecule has 0 unspecified atom stereocenters. The molecule has 0 spiro atoms. The van der Waals surface area contributed by atoms with E-state index in [2.05, 4.69) is 5.32 Å². The van der Waals surface area contributed by atoms with Gasteiger partial charge in [-0.05, 0) is 30.3 Å². The number of nitrogens with one attached hydrogen (secondary N) is 1. The molecule has 0 radical (unpaired) electrons. The Morgan fingerprint density at radius 1 is 0.778 bits per heavy atom. The summed E-state index contributed by atoms with van der Waals surface area (Å²) in [5.41, 5.74) is 2.39. The van der Waals surface area contributed by atoms with Crippen molar-refractivity contribution in [2.45, 2.75) is 6.04 Å². The first-order chi connectivity index (χ1) is 13.3. The Labute approximate surface area is 156 Å². The highest BCUT2D eigenvalue weighted by atomic mass is 16.6. The van der Waals surface area contributed by atoms with E-state index in [0.717, 1.165) is 22.6 Å². The third kappa shape index (κ3) is 2.77. The van der Waals surface area contributed by atoms with Gasteiger partial charge in [0.05, 0.1) is 6.04 Å². The topological polar surface area (TPSA) is 56.8 Å². The van der Waals surface area contributed by atoms with Crippen LogP contribution in [0.15, 0.2) is 66.7 Å². The number of hydrogen-bond donors (Lipinski definition) is 1. The molecule has 1 N–H and O–H groups in total. The minimum absolute atomic E-state index is 0.177. The van der Waals surface area contributed by atoms with Crippen molar-refractivity contribution in [1.82, 2.24) is 5.32 Å². The monoisotopic (exact) mass is 359 g/mol. The predicted octanol–water partition coefficient (Wildman–Crippen LogP) is 4.08. The highest BCUT2D eigenvalue weighted by molar-refractivity contribution is 5.95. The number of hydrogen-bond acceptors (Lipinski definition) is 4. The third-order valence-electron chi connectivity index (χ3n) is 4.76. The Morgan fingerprint density at radius 3 is 2.11 bits per heavy atom. The van der Waals surface area contributed by atoms with Crippen LogP contribution in [0.25, 0.3) is 0 Å². The Kier molecular flexibility index (Phi) is 3.71. The SMILES string of the molecule is O=C(NC1c2ccccc2Oc2ccccc21)c1ccc2c(c1)OCCO2. The fourth-order valence-corrected chi connectivity index (χ4v) is 3.46. The zero-order valence-corrected chi connectivity index (χ0v) is 14.5. The molecule has 134 valence electrons. The summed E-state index contributed by atoms with van der Waals surface area (Å²) >= 11 is 0. The van der Waals surface area contributed by atoms with Gasteiger partial charge in [0, 0.05) is 16.7 Å². The maximum atomic E-state index is 13.0. The molecule has 0 aromatic heterocycles. The van der Waals surface area contributed by atoms with Crippen LogP contribution >= 0.6 is 0 Å². The third-order valence-corrected chi connectivity index (χ3v) is 4.76. The standard InChI is InChI=1S/C22H17NO4/c24-22(14-9-10-19-20(13-14)26-12-11-25-19)23-21-15-5-1-3-7-17(15)27-18-8-4-2-6-16(18)21/h1-10,13,21H,11-12H2,(H,23,24). The molecule has 0 bridgehead atoms. The number of rotatable bonds is 2. The second-order valence-corrected chi connectivity index (χ2v) is 6.44. The van der Waals surface area contributed by atoms with Crippen molar-refractivity contribution >= 4 is 5.91 Å². The molecule has 0 atom stereocenters. The van der Waals surface area contributed by atoms with Crippen molar-refractivity contribution in [3.05, 3.63) is 83.4 Å². The van der Waals surface area contributed by atoms with Crippen LogP contribution in [0.1, 0.15) is 27.5 Å². The summed E-state index contributed by atoms with van der Waals surface area (Å²) in [4.78, 5) is 13.0. The number of carbonyl (C=O) groups excluding carboxylic acids is 1. The molecule has 27 heavy (non-hydrogen) atoms. The van der Waals surface area contributed by atoms with E-state index in [0.29, 0.717) is 30.3 Å². The van der Waals surface area contributed by atoms with E-state index in [1.54, 1.807) is 18.2 Å². The van der Waals surface area contributed by atoms with Crippen LogP contribution in [0.3, 0.4) is 0 Å². The minimum atomic E-state index is -0.285. The lowest BCUT2D eigenvalue weighted by molar-refractivity contribution is 0.0940. The Hall–Kier alpha value is -3.47. The van der Waals surface area contributed by atoms with Crippen molar-refractivity contribution in [3.8, 4) is 23.0 Å². The summed E-state index contributed by atoms with van der Waals surface area (Å²) < 4.78 is 17.1. The van der Waals surface area contributed by atoms with Gasteiger partial charge >= 0.3 is 0 Å². The van der Waals surface area contributed by atoms with Crippen molar-refractivity contribution in [3.63, 3.8) is 0 Å². The second kappa shape index (κ2) is 6.36. The lowest BCUT2D eigenvalue weighted by Crippen LogP contribution is -2.31. The van der Waals surface area contributed by atoms with Gasteiger partial charge in [0.15, 0.2) is 11.5 Å². The quantitative estimate of drug-likeness (QED) is 0.749. The molecule has 3 aromatic rings. The van der Waals surface area contributed by atoms with Crippen molar-refractivity contribution < 1.29 is 19.0 Å². The number of para-hydroxylation sites is 2. The Balaban J connectivity index is 1.49. The predicted molar refractivity (Wildman–Crippen MR) is 99.7 cm³/mol. The lowest BCUT2D eigenvalue weighted by Gasteiger charge is -2.29. The van der Waals surface area contributed by atoms with E-state index in [-0.39, 0.29) is 11.9 Å². The molecule has 0 saturated heterocycles. The summed E-state index contributed by atoms with van der Waals surface area (Å²) in [5, 5.41) is 3.14. The maximum Gasteiger partial charge on any atom is 0.252 e. The number of amides is 1. The second-order valence-electron chi connectivity index (χ2n) is 6.44. The number of fused-ring (bicyclic) bond motifs is 3. The van der Waals surface area contributed by atoms with Gasteiger partial charge in [-0.25, -0.2) is 0 Å². The molecule has 2 heterocycles. The average Bonchev–Trinajstić information content (AvgIpc) is 2.73. The van der Waals surface area contributed by atoms with Crippen LogP contribution in [0, 0.1) is 0 Å². The zero-order chi connectivity index (χ0) is 18.2. The van der Waals surface area contributed by atoms with Gasteiger partial charge in [-0.3, -0.25) is 4.79 Å².